The number of nitrogens with one attached hydrogen (secondary N) is 1. The van der Waals surface area contributed by atoms with Crippen LogP contribution in [-0.4, -0.2) is 54.5 Å². The molecule has 2 fully saturated rings. The van der Waals surface area contributed by atoms with Crippen LogP contribution in [0.3, 0.4) is 0 Å². The lowest BCUT2D eigenvalue weighted by molar-refractivity contribution is -0.132. The van der Waals surface area contributed by atoms with Gasteiger partial charge < -0.3 is 10.2 Å². The van der Waals surface area contributed by atoms with Crippen LogP contribution in [0.5, 0.6) is 0 Å². The third-order valence-electron chi connectivity index (χ3n) is 4.58. The lowest BCUT2D eigenvalue weighted by Crippen LogP contribution is -2.45. The van der Waals surface area contributed by atoms with E-state index in [-0.39, 0.29) is 30.9 Å². The highest BCUT2D eigenvalue weighted by Crippen LogP contribution is 2.15. The Morgan fingerprint density at radius 1 is 1.08 bits per heavy atom. The lowest BCUT2D eigenvalue weighted by atomic mass is 10.2. The first kappa shape index (κ1) is 21.5. The summed E-state index contributed by atoms with van der Waals surface area (Å²) in [5, 5.41) is 4.09. The van der Waals surface area contributed by atoms with Gasteiger partial charge in [0.1, 0.15) is 0 Å². The molecule has 7 heteroatoms. The van der Waals surface area contributed by atoms with Gasteiger partial charge in [0.15, 0.2) is 0 Å². The first-order valence-electron chi connectivity index (χ1n) is 8.21. The molecule has 1 aromatic rings. The summed E-state index contributed by atoms with van der Waals surface area (Å²) in [5.74, 6) is 0.297. The molecule has 0 saturated carbocycles. The maximum Gasteiger partial charge on any atom is 0.239 e. The summed E-state index contributed by atoms with van der Waals surface area (Å²) in [7, 11) is 0. The van der Waals surface area contributed by atoms with E-state index >= 15 is 0 Å². The Morgan fingerprint density at radius 3 is 2.50 bits per heavy atom. The van der Waals surface area contributed by atoms with Crippen LogP contribution >= 0.6 is 36.4 Å². The Bertz CT molecular complexity index is 506. The molecule has 2 saturated heterocycles. The molecule has 0 radical (unpaired) electrons. The standard InChI is InChI=1S/C17H24ClN3O.2ClH/c18-15-6-4-14(5-7-15)13-20-9-2-10-21(12-11-20)17(22)16-3-1-8-19-16;;/h4-7,16,19H,1-3,8-13H2;2*1H/t16-;;/m0../s1. The van der Waals surface area contributed by atoms with Gasteiger partial charge in [-0.1, -0.05) is 23.7 Å². The maximum absolute atomic E-state index is 12.5. The molecule has 4 nitrogen and oxygen atoms in total. The molecule has 0 unspecified atom stereocenters. The second-order valence-corrected chi connectivity index (χ2v) is 6.67. The fourth-order valence-electron chi connectivity index (χ4n) is 3.31. The van der Waals surface area contributed by atoms with Crippen LogP contribution in [-0.2, 0) is 11.3 Å². The minimum Gasteiger partial charge on any atom is -0.340 e. The first-order chi connectivity index (χ1) is 10.7. The molecule has 2 heterocycles. The van der Waals surface area contributed by atoms with E-state index in [4.69, 9.17) is 11.6 Å². The highest BCUT2D eigenvalue weighted by Gasteiger charge is 2.28. The zero-order valence-corrected chi connectivity index (χ0v) is 16.1. The van der Waals surface area contributed by atoms with Crippen LogP contribution in [0, 0.1) is 0 Å². The van der Waals surface area contributed by atoms with E-state index < -0.39 is 0 Å². The van der Waals surface area contributed by atoms with E-state index in [0.29, 0.717) is 5.91 Å². The molecular formula is C17H26Cl3N3O. The third kappa shape index (κ3) is 5.78. The smallest absolute Gasteiger partial charge is 0.239 e. The fourth-order valence-corrected chi connectivity index (χ4v) is 3.44. The monoisotopic (exact) mass is 393 g/mol. The van der Waals surface area contributed by atoms with Gasteiger partial charge in [-0.2, -0.15) is 0 Å². The number of carbonyl (C=O) groups excluding carboxylic acids is 1. The second-order valence-electron chi connectivity index (χ2n) is 6.23. The van der Waals surface area contributed by atoms with Crippen LogP contribution in [0.2, 0.25) is 5.02 Å². The van der Waals surface area contributed by atoms with Crippen molar-refractivity contribution < 1.29 is 4.79 Å². The summed E-state index contributed by atoms with van der Waals surface area (Å²) in [6.07, 6.45) is 3.16. The van der Waals surface area contributed by atoms with Gasteiger partial charge in [-0.25, -0.2) is 0 Å². The normalized spacial score (nSPS) is 21.5. The van der Waals surface area contributed by atoms with Crippen molar-refractivity contribution in [1.82, 2.24) is 15.1 Å². The van der Waals surface area contributed by atoms with Crippen molar-refractivity contribution in [2.75, 3.05) is 32.7 Å². The molecule has 136 valence electrons. The van der Waals surface area contributed by atoms with Crippen molar-refractivity contribution in [2.24, 2.45) is 0 Å². The number of halogens is 3. The van der Waals surface area contributed by atoms with Gasteiger partial charge in [0, 0.05) is 37.7 Å². The van der Waals surface area contributed by atoms with Crippen molar-refractivity contribution in [2.45, 2.75) is 31.8 Å². The zero-order valence-electron chi connectivity index (χ0n) is 13.7. The average Bonchev–Trinajstić information content (AvgIpc) is 2.96. The summed E-state index contributed by atoms with van der Waals surface area (Å²) < 4.78 is 0. The van der Waals surface area contributed by atoms with E-state index in [1.54, 1.807) is 0 Å². The summed E-state index contributed by atoms with van der Waals surface area (Å²) in [6, 6.07) is 8.10. The topological polar surface area (TPSA) is 35.6 Å². The molecule has 2 aliphatic rings. The van der Waals surface area contributed by atoms with Gasteiger partial charge in [-0.15, -0.1) is 24.8 Å². The van der Waals surface area contributed by atoms with E-state index in [1.165, 1.54) is 5.56 Å². The van der Waals surface area contributed by atoms with Crippen molar-refractivity contribution in [3.8, 4) is 0 Å². The summed E-state index contributed by atoms with van der Waals surface area (Å²) in [6.45, 7) is 5.62. The number of nitrogens with zero attached hydrogens (tertiary/aromatic N) is 2. The molecule has 0 bridgehead atoms. The molecular weight excluding hydrogens is 369 g/mol. The molecule has 3 rings (SSSR count). The second kappa shape index (κ2) is 10.5. The van der Waals surface area contributed by atoms with Gasteiger partial charge in [0.25, 0.3) is 0 Å². The van der Waals surface area contributed by atoms with E-state index in [2.05, 4.69) is 22.3 Å². The van der Waals surface area contributed by atoms with Crippen molar-refractivity contribution in [3.63, 3.8) is 0 Å². The number of hydrogen-bond donors (Lipinski definition) is 1. The predicted octanol–water partition coefficient (Wildman–Crippen LogP) is 2.97. The predicted molar refractivity (Wildman–Crippen MR) is 103 cm³/mol. The highest BCUT2D eigenvalue weighted by molar-refractivity contribution is 6.30. The van der Waals surface area contributed by atoms with Gasteiger partial charge in [-0.05, 0) is 43.5 Å². The number of hydrogen-bond acceptors (Lipinski definition) is 3. The van der Waals surface area contributed by atoms with Crippen molar-refractivity contribution >= 4 is 42.3 Å². The van der Waals surface area contributed by atoms with Crippen LogP contribution in [0.4, 0.5) is 0 Å². The summed E-state index contributed by atoms with van der Waals surface area (Å²) in [4.78, 5) is 17.0. The molecule has 1 aromatic carbocycles. The van der Waals surface area contributed by atoms with Crippen LogP contribution in [0.1, 0.15) is 24.8 Å². The summed E-state index contributed by atoms with van der Waals surface area (Å²) in [5.41, 5.74) is 1.28. The van der Waals surface area contributed by atoms with Gasteiger partial charge >= 0.3 is 0 Å². The van der Waals surface area contributed by atoms with E-state index in [9.17, 15) is 4.79 Å². The fraction of sp³-hybridized carbons (Fsp3) is 0.588. The number of benzene rings is 1. The Morgan fingerprint density at radius 2 is 1.83 bits per heavy atom. The zero-order chi connectivity index (χ0) is 15.4. The van der Waals surface area contributed by atoms with E-state index in [0.717, 1.165) is 63.6 Å². The minimum absolute atomic E-state index is 0. The summed E-state index contributed by atoms with van der Waals surface area (Å²) >= 11 is 5.93. The molecule has 24 heavy (non-hydrogen) atoms. The van der Waals surface area contributed by atoms with Crippen molar-refractivity contribution in [1.29, 1.82) is 0 Å². The molecule has 2 aliphatic heterocycles. The Balaban J connectivity index is 0.00000144. The maximum atomic E-state index is 12.5. The van der Waals surface area contributed by atoms with Crippen LogP contribution in [0.15, 0.2) is 24.3 Å². The van der Waals surface area contributed by atoms with Crippen LogP contribution in [0.25, 0.3) is 0 Å². The number of amides is 1. The molecule has 0 spiro atoms. The highest BCUT2D eigenvalue weighted by atomic mass is 35.5. The molecule has 0 aliphatic carbocycles. The van der Waals surface area contributed by atoms with E-state index in [1.807, 2.05) is 17.0 Å². The molecule has 1 N–H and O–H groups in total. The van der Waals surface area contributed by atoms with Gasteiger partial charge in [-0.3, -0.25) is 9.69 Å². The molecule has 1 amide bonds. The SMILES string of the molecule is Cl.Cl.O=C([C@@H]1CCCN1)N1CCCN(Cc2ccc(Cl)cc2)CC1. The third-order valence-corrected chi connectivity index (χ3v) is 4.83. The molecule has 0 aromatic heterocycles. The van der Waals surface area contributed by atoms with Crippen LogP contribution < -0.4 is 5.32 Å². The Labute approximate surface area is 161 Å². The Hall–Kier alpha value is -0.520. The quantitative estimate of drug-likeness (QED) is 0.856. The van der Waals surface area contributed by atoms with Gasteiger partial charge in [0.05, 0.1) is 6.04 Å². The number of rotatable bonds is 3. The van der Waals surface area contributed by atoms with Gasteiger partial charge in [0.2, 0.25) is 5.91 Å². The lowest BCUT2D eigenvalue weighted by Gasteiger charge is -2.24. The Kier molecular flexibility index (Phi) is 9.39. The minimum atomic E-state index is 0. The first-order valence-corrected chi connectivity index (χ1v) is 8.59. The molecule has 1 atom stereocenters. The largest absolute Gasteiger partial charge is 0.340 e. The number of carbonyl (C=O) groups is 1. The average molecular weight is 395 g/mol. The van der Waals surface area contributed by atoms with Crippen molar-refractivity contribution in [3.05, 3.63) is 34.9 Å².